The third-order valence-corrected chi connectivity index (χ3v) is 11.1. The normalized spacial score (nSPS) is 17.0. The highest BCUT2D eigenvalue weighted by molar-refractivity contribution is 5.86. The zero-order valence-electron chi connectivity index (χ0n) is 29.0. The van der Waals surface area contributed by atoms with E-state index in [4.69, 9.17) is 4.74 Å². The van der Waals surface area contributed by atoms with Crippen LogP contribution < -0.4 is 4.74 Å². The summed E-state index contributed by atoms with van der Waals surface area (Å²) in [5, 5.41) is 18.7. The van der Waals surface area contributed by atoms with Crippen molar-refractivity contribution in [3.8, 4) is 28.0 Å². The van der Waals surface area contributed by atoms with Gasteiger partial charge in [-0.25, -0.2) is 8.78 Å². The summed E-state index contributed by atoms with van der Waals surface area (Å²) in [6, 6.07) is 35.0. The van der Waals surface area contributed by atoms with E-state index in [0.717, 1.165) is 16.7 Å². The maximum atomic E-state index is 14.6. The van der Waals surface area contributed by atoms with Crippen LogP contribution in [0.2, 0.25) is 0 Å². The van der Waals surface area contributed by atoms with E-state index in [9.17, 15) is 28.6 Å². The van der Waals surface area contributed by atoms with Crippen molar-refractivity contribution < 1.29 is 33.3 Å². The highest BCUT2D eigenvalue weighted by Gasteiger charge is 2.52. The molecule has 0 aromatic heterocycles. The zero-order chi connectivity index (χ0) is 36.3. The summed E-state index contributed by atoms with van der Waals surface area (Å²) in [4.78, 5) is 22.8. The first-order valence-electron chi connectivity index (χ1n) is 18.1. The number of benzene rings is 5. The molecule has 8 rings (SSSR count). The summed E-state index contributed by atoms with van der Waals surface area (Å²) >= 11 is 0. The number of aliphatic carboxylic acids is 2. The molecule has 0 atom stereocenters. The van der Waals surface area contributed by atoms with Crippen molar-refractivity contribution >= 4 is 11.9 Å². The molecule has 266 valence electrons. The second-order valence-electron chi connectivity index (χ2n) is 14.4. The molecule has 0 aliphatic heterocycles. The molecule has 3 fully saturated rings. The topological polar surface area (TPSA) is 83.8 Å². The van der Waals surface area contributed by atoms with Gasteiger partial charge in [-0.1, -0.05) is 110 Å². The van der Waals surface area contributed by atoms with Crippen LogP contribution >= 0.6 is 0 Å². The van der Waals surface area contributed by atoms with Gasteiger partial charge in [-0.05, 0) is 102 Å². The molecule has 7 heteroatoms. The third-order valence-electron chi connectivity index (χ3n) is 11.1. The van der Waals surface area contributed by atoms with Gasteiger partial charge in [0.2, 0.25) is 0 Å². The molecule has 0 spiro atoms. The first kappa shape index (κ1) is 35.1. The molecule has 0 bridgehead atoms. The first-order valence-corrected chi connectivity index (χ1v) is 18.1. The van der Waals surface area contributed by atoms with Gasteiger partial charge < -0.3 is 14.9 Å². The Hall–Kier alpha value is -5.30. The van der Waals surface area contributed by atoms with Crippen molar-refractivity contribution in [1.82, 2.24) is 0 Å². The number of halogens is 2. The van der Waals surface area contributed by atoms with E-state index in [-0.39, 0.29) is 5.82 Å². The number of rotatable bonds is 10. The van der Waals surface area contributed by atoms with Crippen molar-refractivity contribution in [3.05, 3.63) is 149 Å². The van der Waals surface area contributed by atoms with Crippen LogP contribution in [0.4, 0.5) is 8.78 Å². The number of ether oxygens (including phenoxy) is 1. The Bertz CT molecular complexity index is 2040. The van der Waals surface area contributed by atoms with Gasteiger partial charge in [-0.2, -0.15) is 0 Å². The van der Waals surface area contributed by atoms with Gasteiger partial charge in [-0.3, -0.25) is 9.59 Å². The van der Waals surface area contributed by atoms with Crippen LogP contribution in [-0.4, -0.2) is 22.2 Å². The summed E-state index contributed by atoms with van der Waals surface area (Å²) < 4.78 is 35.0. The fourth-order valence-electron chi connectivity index (χ4n) is 7.44. The van der Waals surface area contributed by atoms with Crippen molar-refractivity contribution in [2.75, 3.05) is 0 Å². The zero-order valence-corrected chi connectivity index (χ0v) is 29.0. The second-order valence-corrected chi connectivity index (χ2v) is 14.4. The van der Waals surface area contributed by atoms with Gasteiger partial charge >= 0.3 is 11.9 Å². The molecular weight excluding hydrogens is 658 g/mol. The molecule has 52 heavy (non-hydrogen) atoms. The first-order chi connectivity index (χ1) is 25.2. The molecule has 2 N–H and O–H groups in total. The van der Waals surface area contributed by atoms with Gasteiger partial charge in [-0.15, -0.1) is 0 Å². The standard InChI is InChI=1S/C23H19FO3.C22H23FO2/c24-21-14-18(23(12-13-23)22(25)26)8-11-20(21)17-6-9-19(10-7-17)27-15-16-4-2-1-3-5-16;23-20-14-18(22(12-13-22)21(24)25)10-11-19(20)17-8-6-16(7-9-17)15-4-2-1-3-5-15/h1-11,14H,12-13,15H2,(H,25,26);6-11,14-15H,1-5,12-13H2,(H,24,25). The number of hydrogen-bond acceptors (Lipinski definition) is 3. The summed E-state index contributed by atoms with van der Waals surface area (Å²) in [5.41, 5.74) is 4.38. The van der Waals surface area contributed by atoms with Crippen LogP contribution in [0.5, 0.6) is 5.75 Å². The van der Waals surface area contributed by atoms with E-state index in [1.807, 2.05) is 66.7 Å². The lowest BCUT2D eigenvalue weighted by Gasteiger charge is -2.22. The smallest absolute Gasteiger partial charge is 0.314 e. The van der Waals surface area contributed by atoms with Crippen LogP contribution in [-0.2, 0) is 27.0 Å². The number of hydrogen-bond donors (Lipinski definition) is 2. The van der Waals surface area contributed by atoms with Gasteiger partial charge in [0.05, 0.1) is 10.8 Å². The summed E-state index contributed by atoms with van der Waals surface area (Å²) in [5.74, 6) is -1.12. The molecule has 0 amide bonds. The Morgan fingerprint density at radius 3 is 1.54 bits per heavy atom. The van der Waals surface area contributed by atoms with Crippen LogP contribution in [0, 0.1) is 11.6 Å². The third kappa shape index (κ3) is 7.36. The fraction of sp³-hybridized carbons (Fsp3) is 0.289. The minimum absolute atomic E-state index is 0.338. The van der Waals surface area contributed by atoms with E-state index in [2.05, 4.69) is 12.1 Å². The van der Waals surface area contributed by atoms with Gasteiger partial charge in [0, 0.05) is 11.1 Å². The Kier molecular flexibility index (Phi) is 9.96. The number of carboxylic acids is 2. The monoisotopic (exact) mass is 700 g/mol. The van der Waals surface area contributed by atoms with Crippen molar-refractivity contribution in [3.63, 3.8) is 0 Å². The van der Waals surface area contributed by atoms with Gasteiger partial charge in [0.25, 0.3) is 0 Å². The van der Waals surface area contributed by atoms with Gasteiger partial charge in [0.15, 0.2) is 0 Å². The van der Waals surface area contributed by atoms with E-state index in [1.165, 1.54) is 49.8 Å². The average molecular weight is 701 g/mol. The van der Waals surface area contributed by atoms with E-state index in [1.54, 1.807) is 24.3 Å². The number of carbonyl (C=O) groups is 2. The maximum Gasteiger partial charge on any atom is 0.314 e. The highest BCUT2D eigenvalue weighted by Crippen LogP contribution is 2.50. The molecular formula is C45H42F2O5. The molecule has 3 aliphatic rings. The van der Waals surface area contributed by atoms with Gasteiger partial charge in [0.1, 0.15) is 24.0 Å². The predicted octanol–water partition coefficient (Wildman–Crippen LogP) is 10.8. The Morgan fingerprint density at radius 1 is 0.615 bits per heavy atom. The quantitative estimate of drug-likeness (QED) is 0.152. The van der Waals surface area contributed by atoms with Crippen LogP contribution in [0.15, 0.2) is 115 Å². The van der Waals surface area contributed by atoms with Crippen LogP contribution in [0.25, 0.3) is 22.3 Å². The lowest BCUT2D eigenvalue weighted by molar-refractivity contribution is -0.141. The molecule has 5 nitrogen and oxygen atoms in total. The Balaban J connectivity index is 0.000000162. The Morgan fingerprint density at radius 2 is 1.10 bits per heavy atom. The Labute approximate surface area is 302 Å². The minimum atomic E-state index is -0.894. The average Bonchev–Trinajstić information content (AvgIpc) is 4.11. The predicted molar refractivity (Wildman–Crippen MR) is 197 cm³/mol. The SMILES string of the molecule is O=C(O)C1(c2ccc(-c3ccc(C4CCCCC4)cc3)c(F)c2)CC1.O=C(O)C1(c2ccc(-c3ccc(OCc4ccccc4)cc3)c(F)c2)CC1. The molecule has 0 heterocycles. The van der Waals surface area contributed by atoms with Crippen LogP contribution in [0.3, 0.4) is 0 Å². The molecule has 0 unspecified atom stereocenters. The van der Waals surface area contributed by atoms with E-state index in [0.29, 0.717) is 66.2 Å². The lowest BCUT2D eigenvalue weighted by Crippen LogP contribution is -2.19. The molecule has 0 saturated heterocycles. The summed E-state index contributed by atoms with van der Waals surface area (Å²) in [6.45, 7) is 0.473. The largest absolute Gasteiger partial charge is 0.489 e. The van der Waals surface area contributed by atoms with Crippen molar-refractivity contribution in [1.29, 1.82) is 0 Å². The second kappa shape index (κ2) is 14.7. The summed E-state index contributed by atoms with van der Waals surface area (Å²) in [6.07, 6.45) is 8.75. The molecule has 5 aromatic rings. The lowest BCUT2D eigenvalue weighted by atomic mass is 9.83. The van der Waals surface area contributed by atoms with E-state index >= 15 is 0 Å². The van der Waals surface area contributed by atoms with Crippen molar-refractivity contribution in [2.45, 2.75) is 81.1 Å². The molecule has 3 aliphatic carbocycles. The van der Waals surface area contributed by atoms with Crippen LogP contribution in [0.1, 0.15) is 86.0 Å². The maximum absolute atomic E-state index is 14.6. The number of carboxylic acid groups (broad SMARTS) is 2. The van der Waals surface area contributed by atoms with Crippen molar-refractivity contribution in [2.24, 2.45) is 0 Å². The highest BCUT2D eigenvalue weighted by atomic mass is 19.1. The summed E-state index contributed by atoms with van der Waals surface area (Å²) in [7, 11) is 0. The molecule has 0 radical (unpaired) electrons. The molecule has 3 saturated carbocycles. The fourth-order valence-corrected chi connectivity index (χ4v) is 7.44. The molecule has 5 aromatic carbocycles. The van der Waals surface area contributed by atoms with E-state index < -0.39 is 28.6 Å². The minimum Gasteiger partial charge on any atom is -0.489 e.